The zero-order valence-corrected chi connectivity index (χ0v) is 16.9. The number of aliphatic hydroxyl groups is 5. The Morgan fingerprint density at radius 3 is 1.87 bits per heavy atom. The number of ether oxygens (including phenoxy) is 4. The SMILES string of the molecule is CO[C@@H]1C(CO)O[C@H](O[C@H]2C(CO)O[C@@H](O)[C@@H](NC(C)=O)C2O)C(NC(C)=O)[C@H]1O. The molecule has 4 unspecified atom stereocenters. The summed E-state index contributed by atoms with van der Waals surface area (Å²) in [5.41, 5.74) is 0. The number of aliphatic hydroxyl groups excluding tert-OH is 5. The summed E-state index contributed by atoms with van der Waals surface area (Å²) in [6.45, 7) is 1.19. The van der Waals surface area contributed by atoms with E-state index in [0.29, 0.717) is 0 Å². The van der Waals surface area contributed by atoms with Gasteiger partial charge in [0, 0.05) is 21.0 Å². The molecule has 0 bridgehead atoms. The van der Waals surface area contributed by atoms with E-state index >= 15 is 0 Å². The van der Waals surface area contributed by atoms with E-state index in [0.717, 1.165) is 0 Å². The van der Waals surface area contributed by atoms with Gasteiger partial charge in [-0.2, -0.15) is 0 Å². The highest BCUT2D eigenvalue weighted by atomic mass is 16.7. The monoisotopic (exact) mass is 438 g/mol. The van der Waals surface area contributed by atoms with Crippen molar-refractivity contribution in [1.82, 2.24) is 10.6 Å². The minimum atomic E-state index is -1.62. The topological polar surface area (TPSA) is 196 Å². The molecule has 2 aliphatic heterocycles. The second kappa shape index (κ2) is 10.7. The van der Waals surface area contributed by atoms with Crippen molar-refractivity contribution in [3.63, 3.8) is 0 Å². The minimum absolute atomic E-state index is 0.515. The largest absolute Gasteiger partial charge is 0.394 e. The molecule has 0 aromatic rings. The van der Waals surface area contributed by atoms with Crippen molar-refractivity contribution in [2.75, 3.05) is 20.3 Å². The summed E-state index contributed by atoms with van der Waals surface area (Å²) in [6, 6.07) is -2.43. The maximum atomic E-state index is 11.6. The fourth-order valence-electron chi connectivity index (χ4n) is 3.66. The highest BCUT2D eigenvalue weighted by molar-refractivity contribution is 5.73. The second-order valence-corrected chi connectivity index (χ2v) is 7.21. The quantitative estimate of drug-likeness (QED) is 0.202. The first-order chi connectivity index (χ1) is 14.1. The van der Waals surface area contributed by atoms with Crippen molar-refractivity contribution >= 4 is 11.8 Å². The second-order valence-electron chi connectivity index (χ2n) is 7.21. The van der Waals surface area contributed by atoms with Gasteiger partial charge in [-0.1, -0.05) is 0 Å². The lowest BCUT2D eigenvalue weighted by Crippen LogP contribution is -2.69. The van der Waals surface area contributed by atoms with Gasteiger partial charge in [0.25, 0.3) is 0 Å². The van der Waals surface area contributed by atoms with Gasteiger partial charge >= 0.3 is 0 Å². The highest BCUT2D eigenvalue weighted by Gasteiger charge is 2.51. The Hall–Kier alpha value is -1.42. The van der Waals surface area contributed by atoms with E-state index < -0.39 is 86.3 Å². The van der Waals surface area contributed by atoms with Gasteiger partial charge in [-0.3, -0.25) is 9.59 Å². The van der Waals surface area contributed by atoms with Crippen LogP contribution >= 0.6 is 0 Å². The van der Waals surface area contributed by atoms with Crippen LogP contribution in [0, 0.1) is 0 Å². The van der Waals surface area contributed by atoms with E-state index in [9.17, 15) is 35.1 Å². The van der Waals surface area contributed by atoms with Gasteiger partial charge in [0.05, 0.1) is 13.2 Å². The number of methoxy groups -OCH3 is 1. The van der Waals surface area contributed by atoms with Gasteiger partial charge in [0.15, 0.2) is 12.6 Å². The fourth-order valence-corrected chi connectivity index (χ4v) is 3.66. The number of amides is 2. The van der Waals surface area contributed by atoms with Crippen LogP contribution in [0.1, 0.15) is 13.8 Å². The summed E-state index contributed by atoms with van der Waals surface area (Å²) < 4.78 is 21.8. The molecule has 2 amide bonds. The van der Waals surface area contributed by atoms with Crippen molar-refractivity contribution in [3.8, 4) is 0 Å². The summed E-state index contributed by atoms with van der Waals surface area (Å²) in [6.07, 6.45) is -10.4. The molecule has 0 aliphatic carbocycles. The van der Waals surface area contributed by atoms with Gasteiger partial charge in [0.1, 0.15) is 48.7 Å². The molecular weight excluding hydrogens is 408 g/mol. The lowest BCUT2D eigenvalue weighted by atomic mass is 9.94. The Morgan fingerprint density at radius 2 is 1.37 bits per heavy atom. The Kier molecular flexibility index (Phi) is 8.90. The first-order valence-corrected chi connectivity index (χ1v) is 9.43. The third kappa shape index (κ3) is 5.43. The van der Waals surface area contributed by atoms with Crippen molar-refractivity contribution in [2.24, 2.45) is 0 Å². The molecule has 174 valence electrons. The van der Waals surface area contributed by atoms with Crippen LogP contribution in [-0.4, -0.2) is 119 Å². The lowest BCUT2D eigenvalue weighted by Gasteiger charge is -2.47. The molecule has 0 radical (unpaired) electrons. The molecule has 0 aromatic heterocycles. The summed E-state index contributed by atoms with van der Waals surface area (Å²) in [4.78, 5) is 23.0. The number of carbonyl (C=O) groups excluding carboxylic acids is 2. The molecule has 2 saturated heterocycles. The van der Waals surface area contributed by atoms with Crippen molar-refractivity contribution in [1.29, 1.82) is 0 Å². The Balaban J connectivity index is 2.28. The number of hydrogen-bond acceptors (Lipinski definition) is 11. The molecule has 0 aromatic carbocycles. The molecule has 0 saturated carbocycles. The van der Waals surface area contributed by atoms with Crippen LogP contribution < -0.4 is 10.6 Å². The number of rotatable bonds is 7. The number of carbonyl (C=O) groups is 2. The number of hydrogen-bond donors (Lipinski definition) is 7. The van der Waals surface area contributed by atoms with Gasteiger partial charge in [-0.25, -0.2) is 0 Å². The van der Waals surface area contributed by atoms with Crippen LogP contribution in [0.2, 0.25) is 0 Å². The summed E-state index contributed by atoms with van der Waals surface area (Å²) in [5.74, 6) is -1.06. The Morgan fingerprint density at radius 1 is 0.867 bits per heavy atom. The molecule has 13 nitrogen and oxygen atoms in total. The van der Waals surface area contributed by atoms with Crippen LogP contribution in [0.25, 0.3) is 0 Å². The van der Waals surface area contributed by atoms with Crippen LogP contribution in [0.5, 0.6) is 0 Å². The smallest absolute Gasteiger partial charge is 0.217 e. The third-order valence-corrected chi connectivity index (χ3v) is 5.03. The van der Waals surface area contributed by atoms with E-state index in [2.05, 4.69) is 10.6 Å². The summed E-state index contributed by atoms with van der Waals surface area (Å²) in [7, 11) is 1.30. The maximum Gasteiger partial charge on any atom is 0.217 e. The molecule has 2 aliphatic rings. The molecule has 2 heterocycles. The molecular formula is C17H30N2O11. The van der Waals surface area contributed by atoms with E-state index in [1.54, 1.807) is 0 Å². The van der Waals surface area contributed by atoms with E-state index in [-0.39, 0.29) is 0 Å². The van der Waals surface area contributed by atoms with Crippen molar-refractivity contribution in [3.05, 3.63) is 0 Å². The van der Waals surface area contributed by atoms with Crippen LogP contribution in [-0.2, 0) is 28.5 Å². The number of nitrogens with one attached hydrogen (secondary N) is 2. The predicted molar refractivity (Wildman–Crippen MR) is 96.6 cm³/mol. The van der Waals surface area contributed by atoms with E-state index in [1.165, 1.54) is 21.0 Å². The first kappa shape index (κ1) is 24.8. The van der Waals surface area contributed by atoms with E-state index in [4.69, 9.17) is 18.9 Å². The Labute approximate surface area is 172 Å². The molecule has 0 spiro atoms. The summed E-state index contributed by atoms with van der Waals surface area (Å²) >= 11 is 0. The van der Waals surface area contributed by atoms with Crippen LogP contribution in [0.4, 0.5) is 0 Å². The molecule has 30 heavy (non-hydrogen) atoms. The lowest BCUT2D eigenvalue weighted by molar-refractivity contribution is -0.329. The zero-order valence-electron chi connectivity index (χ0n) is 16.9. The van der Waals surface area contributed by atoms with Gasteiger partial charge in [-0.05, 0) is 0 Å². The van der Waals surface area contributed by atoms with Gasteiger partial charge < -0.3 is 55.1 Å². The van der Waals surface area contributed by atoms with Crippen molar-refractivity contribution < 1.29 is 54.1 Å². The van der Waals surface area contributed by atoms with Crippen LogP contribution in [0.3, 0.4) is 0 Å². The van der Waals surface area contributed by atoms with E-state index in [1.807, 2.05) is 0 Å². The van der Waals surface area contributed by atoms with Crippen LogP contribution in [0.15, 0.2) is 0 Å². The average Bonchev–Trinajstić information content (AvgIpc) is 2.68. The first-order valence-electron chi connectivity index (χ1n) is 9.43. The van der Waals surface area contributed by atoms with Gasteiger partial charge in [-0.15, -0.1) is 0 Å². The molecule has 13 heteroatoms. The standard InChI is InChI=1S/C17H30N2O11/c1-6(22)18-10-12(24)15(9(5-21)28-16(10)26)30-17-11(19-7(2)23)13(25)14(27-3)8(4-20)29-17/h8-17,20-21,24-26H,4-5H2,1-3H3,(H,18,22)(H,19,23)/t8?,9?,10-,11?,12?,13+,14+,15-,16+,17+/m0/s1. The predicted octanol–water partition coefficient (Wildman–Crippen LogP) is -4.46. The Bertz CT molecular complexity index is 594. The maximum absolute atomic E-state index is 11.6. The summed E-state index contributed by atoms with van der Waals surface area (Å²) in [5, 5.41) is 55.3. The molecule has 2 rings (SSSR count). The minimum Gasteiger partial charge on any atom is -0.394 e. The molecule has 2 fully saturated rings. The molecule has 10 atom stereocenters. The normalized spacial score (nSPS) is 41.9. The average molecular weight is 438 g/mol. The van der Waals surface area contributed by atoms with Gasteiger partial charge in [0.2, 0.25) is 11.8 Å². The molecule has 7 N–H and O–H groups in total. The third-order valence-electron chi connectivity index (χ3n) is 5.03. The highest BCUT2D eigenvalue weighted by Crippen LogP contribution is 2.29. The fraction of sp³-hybridized carbons (Fsp3) is 0.882. The van der Waals surface area contributed by atoms with Crippen molar-refractivity contribution in [2.45, 2.75) is 75.1 Å². The zero-order chi connectivity index (χ0) is 22.6.